The van der Waals surface area contributed by atoms with Crippen LogP contribution in [0.2, 0.25) is 0 Å². The van der Waals surface area contributed by atoms with Gasteiger partial charge in [0.25, 0.3) is 5.91 Å². The molecule has 134 valence electrons. The number of furan rings is 1. The van der Waals surface area contributed by atoms with Crippen molar-refractivity contribution < 1.29 is 23.6 Å². The summed E-state index contributed by atoms with van der Waals surface area (Å²) in [5.74, 6) is -0.602. The van der Waals surface area contributed by atoms with Crippen molar-refractivity contribution in [1.29, 1.82) is 0 Å². The van der Waals surface area contributed by atoms with E-state index in [0.29, 0.717) is 5.69 Å². The summed E-state index contributed by atoms with van der Waals surface area (Å²) in [6.45, 7) is 5.23. The first-order chi connectivity index (χ1) is 11.8. The molecule has 1 amide bonds. The van der Waals surface area contributed by atoms with Gasteiger partial charge < -0.3 is 19.3 Å². The maximum absolute atomic E-state index is 12.3. The lowest BCUT2D eigenvalue weighted by Gasteiger charge is -2.16. The smallest absolute Gasteiger partial charge is 0.313 e. The van der Waals surface area contributed by atoms with Crippen molar-refractivity contribution in [2.75, 3.05) is 12.4 Å². The fourth-order valence-electron chi connectivity index (χ4n) is 1.73. The Hall–Kier alpha value is -3.10. The Kier molecular flexibility index (Phi) is 5.58. The molecule has 0 saturated carbocycles. The van der Waals surface area contributed by atoms with Crippen molar-refractivity contribution in [2.24, 2.45) is 10.6 Å². The van der Waals surface area contributed by atoms with E-state index in [1.54, 1.807) is 32.9 Å². The summed E-state index contributed by atoms with van der Waals surface area (Å²) >= 11 is 0. The van der Waals surface area contributed by atoms with E-state index in [1.807, 2.05) is 0 Å². The molecular formula is C16H20N4O5. The lowest BCUT2D eigenvalue weighted by molar-refractivity contribution is -0.157. The summed E-state index contributed by atoms with van der Waals surface area (Å²) in [5, 5.41) is 10.3. The van der Waals surface area contributed by atoms with Crippen LogP contribution < -0.4 is 5.32 Å². The van der Waals surface area contributed by atoms with Crippen LogP contribution in [0.25, 0.3) is 0 Å². The average Bonchev–Trinajstić information content (AvgIpc) is 3.21. The first-order valence-electron chi connectivity index (χ1n) is 7.47. The fourth-order valence-corrected chi connectivity index (χ4v) is 1.73. The number of carbonyl (C=O) groups is 2. The predicted octanol–water partition coefficient (Wildman–Crippen LogP) is 2.01. The van der Waals surface area contributed by atoms with Crippen molar-refractivity contribution in [3.8, 4) is 0 Å². The number of oxime groups is 1. The maximum Gasteiger partial charge on any atom is 0.313 e. The number of nitrogens with one attached hydrogen (secondary N) is 1. The molecule has 9 nitrogen and oxygen atoms in total. The third kappa shape index (κ3) is 4.93. The standard InChI is InChI=1S/C16H20N4O5/c1-16(2,3)15(22)25-10-20-9-11(8-17-20)18-14(21)13(19-23-4)12-6-5-7-24-12/h5-9H,10H2,1-4H3,(H,18,21). The third-order valence-electron chi connectivity index (χ3n) is 2.98. The number of hydrogen-bond acceptors (Lipinski definition) is 7. The van der Waals surface area contributed by atoms with E-state index in [1.165, 1.54) is 30.4 Å². The van der Waals surface area contributed by atoms with Crippen LogP contribution in [-0.2, 0) is 25.9 Å². The molecule has 0 spiro atoms. The molecule has 1 N–H and O–H groups in total. The van der Waals surface area contributed by atoms with E-state index in [4.69, 9.17) is 9.15 Å². The van der Waals surface area contributed by atoms with Gasteiger partial charge in [0.1, 0.15) is 7.11 Å². The molecule has 0 fully saturated rings. The van der Waals surface area contributed by atoms with Crippen molar-refractivity contribution in [1.82, 2.24) is 9.78 Å². The Balaban J connectivity index is 1.99. The van der Waals surface area contributed by atoms with Crippen molar-refractivity contribution in [3.05, 3.63) is 36.5 Å². The van der Waals surface area contributed by atoms with E-state index < -0.39 is 11.3 Å². The molecular weight excluding hydrogens is 328 g/mol. The van der Waals surface area contributed by atoms with Gasteiger partial charge >= 0.3 is 5.97 Å². The highest BCUT2D eigenvalue weighted by Gasteiger charge is 2.23. The molecule has 0 aliphatic heterocycles. The number of amides is 1. The maximum atomic E-state index is 12.3. The van der Waals surface area contributed by atoms with Gasteiger partial charge in [-0.1, -0.05) is 5.16 Å². The molecule has 0 atom stereocenters. The van der Waals surface area contributed by atoms with Crippen LogP contribution in [0.1, 0.15) is 26.5 Å². The number of nitrogens with zero attached hydrogens (tertiary/aromatic N) is 3. The van der Waals surface area contributed by atoms with Crippen molar-refractivity contribution >= 4 is 23.3 Å². The van der Waals surface area contributed by atoms with Gasteiger partial charge in [0.15, 0.2) is 12.5 Å². The number of carbonyl (C=O) groups excluding carboxylic acids is 2. The van der Waals surface area contributed by atoms with E-state index in [0.717, 1.165) is 0 Å². The van der Waals surface area contributed by atoms with Crippen LogP contribution in [0, 0.1) is 5.41 Å². The van der Waals surface area contributed by atoms with Crippen molar-refractivity contribution in [2.45, 2.75) is 27.5 Å². The molecule has 0 aromatic carbocycles. The Morgan fingerprint density at radius 1 is 1.40 bits per heavy atom. The summed E-state index contributed by atoms with van der Waals surface area (Å²) in [7, 11) is 1.33. The largest absolute Gasteiger partial charge is 0.462 e. The molecule has 0 saturated heterocycles. The van der Waals surface area contributed by atoms with Crippen molar-refractivity contribution in [3.63, 3.8) is 0 Å². The topological polar surface area (TPSA) is 108 Å². The molecule has 25 heavy (non-hydrogen) atoms. The highest BCUT2D eigenvalue weighted by Crippen LogP contribution is 2.15. The summed E-state index contributed by atoms with van der Waals surface area (Å²) in [6.07, 6.45) is 4.38. The van der Waals surface area contributed by atoms with Crippen LogP contribution in [-0.4, -0.2) is 34.5 Å². The van der Waals surface area contributed by atoms with E-state index in [9.17, 15) is 9.59 Å². The average molecular weight is 348 g/mol. The number of hydrogen-bond donors (Lipinski definition) is 1. The highest BCUT2D eigenvalue weighted by molar-refractivity contribution is 6.48. The molecule has 0 bridgehead atoms. The second-order valence-electron chi connectivity index (χ2n) is 6.13. The first kappa shape index (κ1) is 18.2. The Bertz CT molecular complexity index is 756. The van der Waals surface area contributed by atoms with Gasteiger partial charge in [0.2, 0.25) is 5.71 Å². The van der Waals surface area contributed by atoms with Crippen LogP contribution in [0.4, 0.5) is 5.69 Å². The van der Waals surface area contributed by atoms with Gasteiger partial charge in [-0.05, 0) is 32.9 Å². The zero-order valence-electron chi connectivity index (χ0n) is 14.5. The molecule has 0 aliphatic rings. The van der Waals surface area contributed by atoms with Crippen LogP contribution in [0.3, 0.4) is 0 Å². The van der Waals surface area contributed by atoms with Gasteiger partial charge in [-0.25, -0.2) is 4.68 Å². The minimum Gasteiger partial charge on any atom is -0.462 e. The lowest BCUT2D eigenvalue weighted by atomic mass is 9.98. The molecule has 2 aromatic rings. The molecule has 2 rings (SSSR count). The van der Waals surface area contributed by atoms with Gasteiger partial charge in [-0.2, -0.15) is 5.10 Å². The van der Waals surface area contributed by atoms with Gasteiger partial charge in [-0.3, -0.25) is 9.59 Å². The number of esters is 1. The summed E-state index contributed by atoms with van der Waals surface area (Å²) in [5.41, 5.74) is -0.203. The first-order valence-corrected chi connectivity index (χ1v) is 7.47. The number of aromatic nitrogens is 2. The summed E-state index contributed by atoms with van der Waals surface area (Å²) < 4.78 is 11.7. The van der Waals surface area contributed by atoms with E-state index >= 15 is 0 Å². The fraction of sp³-hybridized carbons (Fsp3) is 0.375. The number of anilines is 1. The van der Waals surface area contributed by atoms with E-state index in [-0.39, 0.29) is 24.2 Å². The molecule has 2 heterocycles. The quantitative estimate of drug-likeness (QED) is 0.486. The normalized spacial score (nSPS) is 11.9. The molecule has 9 heteroatoms. The minimum atomic E-state index is -0.598. The second kappa shape index (κ2) is 7.65. The van der Waals surface area contributed by atoms with Crippen LogP contribution >= 0.6 is 0 Å². The minimum absolute atomic E-state index is 0.0144. The summed E-state index contributed by atoms with van der Waals surface area (Å²) in [6, 6.07) is 3.22. The Morgan fingerprint density at radius 3 is 2.76 bits per heavy atom. The molecule has 0 unspecified atom stereocenters. The lowest BCUT2D eigenvalue weighted by Crippen LogP contribution is -2.24. The van der Waals surface area contributed by atoms with Gasteiger partial charge in [0, 0.05) is 0 Å². The zero-order chi connectivity index (χ0) is 18.4. The Labute approximate surface area is 144 Å². The van der Waals surface area contributed by atoms with Gasteiger partial charge in [-0.15, -0.1) is 0 Å². The van der Waals surface area contributed by atoms with Gasteiger partial charge in [0.05, 0.1) is 29.8 Å². The monoisotopic (exact) mass is 348 g/mol. The molecule has 0 radical (unpaired) electrons. The highest BCUT2D eigenvalue weighted by atomic mass is 16.6. The van der Waals surface area contributed by atoms with Crippen LogP contribution in [0.15, 0.2) is 40.4 Å². The number of ether oxygens (including phenoxy) is 1. The van der Waals surface area contributed by atoms with Crippen LogP contribution in [0.5, 0.6) is 0 Å². The Morgan fingerprint density at radius 2 is 2.16 bits per heavy atom. The third-order valence-corrected chi connectivity index (χ3v) is 2.98. The number of rotatable bonds is 6. The SMILES string of the molecule is CON=C(C(=O)Nc1cnn(COC(=O)C(C)(C)C)c1)c1ccco1. The second-order valence-corrected chi connectivity index (χ2v) is 6.13. The molecule has 0 aliphatic carbocycles. The summed E-state index contributed by atoms with van der Waals surface area (Å²) in [4.78, 5) is 28.7. The van der Waals surface area contributed by atoms with E-state index in [2.05, 4.69) is 20.4 Å². The predicted molar refractivity (Wildman–Crippen MR) is 88.7 cm³/mol. The zero-order valence-corrected chi connectivity index (χ0v) is 14.5. The molecule has 2 aromatic heterocycles.